The molecule has 0 N–H and O–H groups in total. The van der Waals surface area contributed by atoms with Crippen molar-refractivity contribution in [2.75, 3.05) is 0 Å². The van der Waals surface area contributed by atoms with E-state index in [-0.39, 0.29) is 23.8 Å². The first-order chi connectivity index (χ1) is 9.23. The third-order valence-corrected chi connectivity index (χ3v) is 3.12. The van der Waals surface area contributed by atoms with E-state index in [1.807, 2.05) is 6.92 Å². The summed E-state index contributed by atoms with van der Waals surface area (Å²) in [6.45, 7) is 14.6. The monoisotopic (exact) mass is 278 g/mol. The van der Waals surface area contributed by atoms with E-state index in [1.54, 1.807) is 26.0 Å². The first-order valence-electron chi connectivity index (χ1n) is 6.64. The van der Waals surface area contributed by atoms with Crippen molar-refractivity contribution in [2.45, 2.75) is 39.9 Å². The smallest absolute Gasteiger partial charge is 0.309 e. The van der Waals surface area contributed by atoms with Crippen LogP contribution in [-0.2, 0) is 19.1 Å². The maximum absolute atomic E-state index is 11.7. The van der Waals surface area contributed by atoms with Gasteiger partial charge in [0.25, 0.3) is 0 Å². The summed E-state index contributed by atoms with van der Waals surface area (Å²) in [4.78, 5) is 22.8. The molecule has 4 nitrogen and oxygen atoms in total. The van der Waals surface area contributed by atoms with Crippen LogP contribution in [0, 0.1) is 11.8 Å². The molecular formula is C16H22O4. The van der Waals surface area contributed by atoms with Gasteiger partial charge in [0.05, 0.1) is 5.92 Å². The molecule has 1 aliphatic carbocycles. The van der Waals surface area contributed by atoms with Crippen molar-refractivity contribution < 1.29 is 19.1 Å². The Balaban J connectivity index is 2.94. The third-order valence-electron chi connectivity index (χ3n) is 3.12. The molecular weight excluding hydrogens is 256 g/mol. The van der Waals surface area contributed by atoms with Gasteiger partial charge in [0.1, 0.15) is 12.2 Å². The van der Waals surface area contributed by atoms with Crippen LogP contribution in [0.2, 0.25) is 0 Å². The first-order valence-corrected chi connectivity index (χ1v) is 6.64. The Hall–Kier alpha value is -1.84. The Kier molecular flexibility index (Phi) is 5.31. The molecule has 4 heteroatoms. The number of hydrogen-bond donors (Lipinski definition) is 0. The highest BCUT2D eigenvalue weighted by atomic mass is 16.6. The molecule has 0 heterocycles. The standard InChI is InChI=1S/C16H22O4/c1-9(2)15-11(5)13(20-16(18)10(3)4)7-8-14(15)19-12(6)17/h7-8,10,13-15H,1,5H2,2-4,6H3. The molecule has 0 aromatic rings. The van der Waals surface area contributed by atoms with E-state index in [2.05, 4.69) is 13.2 Å². The fourth-order valence-corrected chi connectivity index (χ4v) is 2.11. The number of ether oxygens (including phenoxy) is 2. The van der Waals surface area contributed by atoms with Crippen molar-refractivity contribution in [3.05, 3.63) is 36.5 Å². The molecule has 0 aromatic heterocycles. The zero-order chi connectivity index (χ0) is 15.4. The minimum Gasteiger partial charge on any atom is -0.457 e. The van der Waals surface area contributed by atoms with Crippen LogP contribution in [0.15, 0.2) is 36.5 Å². The molecule has 0 amide bonds. The van der Waals surface area contributed by atoms with Crippen LogP contribution >= 0.6 is 0 Å². The molecule has 3 atom stereocenters. The summed E-state index contributed by atoms with van der Waals surface area (Å²) < 4.78 is 10.6. The van der Waals surface area contributed by atoms with E-state index in [1.165, 1.54) is 6.92 Å². The average molecular weight is 278 g/mol. The predicted octanol–water partition coefficient (Wildman–Crippen LogP) is 2.80. The highest BCUT2D eigenvalue weighted by molar-refractivity contribution is 5.72. The van der Waals surface area contributed by atoms with Crippen LogP contribution < -0.4 is 0 Å². The van der Waals surface area contributed by atoms with E-state index < -0.39 is 12.2 Å². The van der Waals surface area contributed by atoms with Crippen molar-refractivity contribution in [1.29, 1.82) is 0 Å². The number of hydrogen-bond acceptors (Lipinski definition) is 4. The van der Waals surface area contributed by atoms with Crippen LogP contribution in [-0.4, -0.2) is 24.1 Å². The van der Waals surface area contributed by atoms with Crippen LogP contribution in [0.4, 0.5) is 0 Å². The summed E-state index contributed by atoms with van der Waals surface area (Å²) in [6, 6.07) is 0. The lowest BCUT2D eigenvalue weighted by molar-refractivity contribution is -0.151. The Labute approximate surface area is 120 Å². The highest BCUT2D eigenvalue weighted by Crippen LogP contribution is 2.33. The topological polar surface area (TPSA) is 52.6 Å². The van der Waals surface area contributed by atoms with Gasteiger partial charge in [-0.25, -0.2) is 0 Å². The van der Waals surface area contributed by atoms with Crippen molar-refractivity contribution in [1.82, 2.24) is 0 Å². The third kappa shape index (κ3) is 3.83. The lowest BCUT2D eigenvalue weighted by Crippen LogP contribution is -2.36. The van der Waals surface area contributed by atoms with E-state index >= 15 is 0 Å². The molecule has 0 radical (unpaired) electrons. The van der Waals surface area contributed by atoms with Gasteiger partial charge < -0.3 is 9.47 Å². The van der Waals surface area contributed by atoms with Crippen LogP contribution in [0.1, 0.15) is 27.7 Å². The molecule has 20 heavy (non-hydrogen) atoms. The largest absolute Gasteiger partial charge is 0.457 e. The molecule has 110 valence electrons. The second-order valence-electron chi connectivity index (χ2n) is 5.37. The van der Waals surface area contributed by atoms with Gasteiger partial charge in [-0.3, -0.25) is 9.59 Å². The predicted molar refractivity (Wildman–Crippen MR) is 76.9 cm³/mol. The number of esters is 2. The van der Waals surface area contributed by atoms with Gasteiger partial charge in [-0.05, 0) is 24.6 Å². The Bertz CT molecular complexity index is 459. The number of carbonyl (C=O) groups excluding carboxylic acids is 2. The minimum atomic E-state index is -0.501. The van der Waals surface area contributed by atoms with Gasteiger partial charge in [0, 0.05) is 12.8 Å². The van der Waals surface area contributed by atoms with Gasteiger partial charge >= 0.3 is 11.9 Å². The van der Waals surface area contributed by atoms with E-state index in [4.69, 9.17) is 9.47 Å². The van der Waals surface area contributed by atoms with Gasteiger partial charge in [-0.1, -0.05) is 32.6 Å². The van der Waals surface area contributed by atoms with Crippen LogP contribution in [0.3, 0.4) is 0 Å². The van der Waals surface area contributed by atoms with Crippen molar-refractivity contribution >= 4 is 11.9 Å². The van der Waals surface area contributed by atoms with E-state index in [0.29, 0.717) is 5.57 Å². The maximum Gasteiger partial charge on any atom is 0.309 e. The fraction of sp³-hybridized carbons (Fsp3) is 0.500. The second kappa shape index (κ2) is 6.55. The molecule has 3 unspecified atom stereocenters. The Morgan fingerprint density at radius 2 is 1.80 bits per heavy atom. The minimum absolute atomic E-state index is 0.203. The fourth-order valence-electron chi connectivity index (χ4n) is 2.11. The summed E-state index contributed by atoms with van der Waals surface area (Å²) in [5.41, 5.74) is 1.50. The highest BCUT2D eigenvalue weighted by Gasteiger charge is 2.34. The van der Waals surface area contributed by atoms with Crippen molar-refractivity contribution in [3.63, 3.8) is 0 Å². The quantitative estimate of drug-likeness (QED) is 0.586. The summed E-state index contributed by atoms with van der Waals surface area (Å²) in [5, 5.41) is 0. The van der Waals surface area contributed by atoms with Gasteiger partial charge in [-0.2, -0.15) is 0 Å². The molecule has 0 aliphatic heterocycles. The molecule has 0 spiro atoms. The van der Waals surface area contributed by atoms with Gasteiger partial charge in [-0.15, -0.1) is 0 Å². The molecule has 1 aliphatic rings. The first kappa shape index (κ1) is 16.2. The summed E-state index contributed by atoms with van der Waals surface area (Å²) in [6.07, 6.45) is 2.49. The maximum atomic E-state index is 11.7. The Morgan fingerprint density at radius 3 is 2.25 bits per heavy atom. The molecule has 0 aromatic carbocycles. The SMILES string of the molecule is C=C(C)C1C(=C)C(OC(=O)C(C)C)C=CC1OC(C)=O. The van der Waals surface area contributed by atoms with Crippen LogP contribution in [0.25, 0.3) is 0 Å². The zero-order valence-electron chi connectivity index (χ0n) is 12.5. The summed E-state index contributed by atoms with van der Waals surface area (Å²) in [5.74, 6) is -1.09. The number of carbonyl (C=O) groups is 2. The summed E-state index contributed by atoms with van der Waals surface area (Å²) >= 11 is 0. The zero-order valence-corrected chi connectivity index (χ0v) is 12.5. The van der Waals surface area contributed by atoms with Gasteiger partial charge in [0.2, 0.25) is 0 Å². The van der Waals surface area contributed by atoms with Crippen molar-refractivity contribution in [3.8, 4) is 0 Å². The molecule has 0 saturated carbocycles. The second-order valence-corrected chi connectivity index (χ2v) is 5.37. The summed E-state index contributed by atoms with van der Waals surface area (Å²) in [7, 11) is 0. The lowest BCUT2D eigenvalue weighted by Gasteiger charge is -2.33. The Morgan fingerprint density at radius 1 is 1.20 bits per heavy atom. The molecule has 0 bridgehead atoms. The van der Waals surface area contributed by atoms with Gasteiger partial charge in [0.15, 0.2) is 0 Å². The van der Waals surface area contributed by atoms with Crippen LogP contribution in [0.5, 0.6) is 0 Å². The number of rotatable bonds is 4. The van der Waals surface area contributed by atoms with E-state index in [0.717, 1.165) is 5.57 Å². The molecule has 0 saturated heterocycles. The average Bonchev–Trinajstić information content (AvgIpc) is 2.31. The normalized spacial score (nSPS) is 25.4. The van der Waals surface area contributed by atoms with Crippen molar-refractivity contribution in [2.24, 2.45) is 11.8 Å². The molecule has 1 rings (SSSR count). The van der Waals surface area contributed by atoms with E-state index in [9.17, 15) is 9.59 Å². The molecule has 0 fully saturated rings. The lowest BCUT2D eigenvalue weighted by atomic mass is 9.81.